The van der Waals surface area contributed by atoms with Crippen LogP contribution in [-0.2, 0) is 11.3 Å². The first-order chi connectivity index (χ1) is 17.6. The monoisotopic (exact) mass is 530 g/mol. The fourth-order valence-electron chi connectivity index (χ4n) is 3.73. The number of hydrogen-bond acceptors (Lipinski definition) is 6. The lowest BCUT2D eigenvalue weighted by molar-refractivity contribution is -0.116. The molecule has 0 aliphatic carbocycles. The lowest BCUT2D eigenvalue weighted by Gasteiger charge is -2.19. The summed E-state index contributed by atoms with van der Waals surface area (Å²) in [4.78, 5) is 46.2. The molecule has 0 saturated carbocycles. The number of amides is 4. The molecule has 1 saturated heterocycles. The number of rotatable bonds is 7. The minimum absolute atomic E-state index is 0.0398. The van der Waals surface area contributed by atoms with Crippen molar-refractivity contribution in [1.29, 1.82) is 0 Å². The molecule has 8 nitrogen and oxygen atoms in total. The van der Waals surface area contributed by atoms with Gasteiger partial charge in [-0.15, -0.1) is 0 Å². The molecular formula is C25H21F3N4O4S. The van der Waals surface area contributed by atoms with Crippen LogP contribution in [0.5, 0.6) is 5.75 Å². The molecule has 0 atom stereocenters. The molecule has 4 amide bonds. The second-order valence-corrected chi connectivity index (χ2v) is 9.16. The van der Waals surface area contributed by atoms with Crippen molar-refractivity contribution in [1.82, 2.24) is 9.88 Å². The van der Waals surface area contributed by atoms with E-state index >= 15 is 0 Å². The summed E-state index contributed by atoms with van der Waals surface area (Å²) < 4.78 is 42.8. The molecule has 1 aliphatic rings. The van der Waals surface area contributed by atoms with Crippen molar-refractivity contribution in [3.05, 3.63) is 78.1 Å². The molecule has 12 heteroatoms. The van der Waals surface area contributed by atoms with E-state index in [0.29, 0.717) is 17.0 Å². The molecule has 1 aromatic heterocycles. The molecule has 0 spiro atoms. The second kappa shape index (κ2) is 10.5. The van der Waals surface area contributed by atoms with Crippen molar-refractivity contribution in [3.63, 3.8) is 0 Å². The van der Waals surface area contributed by atoms with Crippen molar-refractivity contribution in [3.8, 4) is 5.75 Å². The van der Waals surface area contributed by atoms with E-state index in [1.165, 1.54) is 40.3 Å². The van der Waals surface area contributed by atoms with Gasteiger partial charge in [0, 0.05) is 30.4 Å². The molecule has 192 valence electrons. The van der Waals surface area contributed by atoms with Crippen LogP contribution in [0.2, 0.25) is 0 Å². The van der Waals surface area contributed by atoms with Crippen molar-refractivity contribution in [2.75, 3.05) is 30.5 Å². The molecule has 0 unspecified atom stereocenters. The number of alkyl halides is 3. The smallest absolute Gasteiger partial charge is 0.446 e. The average molecular weight is 531 g/mol. The standard InChI is InChI=1S/C25H21F3N4O4S/c1-30(17-3-7-19(36-2)8-4-17)23(34)21-13-16(11-12-29-21)14-31-15-22(33)32(24(31)35)18-5-9-20(10-6-18)37-25(26,27)28/h3-13H,14-15H2,1-2H3. The number of urea groups is 1. The Labute approximate surface area is 214 Å². The van der Waals surface area contributed by atoms with E-state index < -0.39 is 17.4 Å². The highest BCUT2D eigenvalue weighted by Crippen LogP contribution is 2.37. The number of benzene rings is 2. The Balaban J connectivity index is 1.45. The fourth-order valence-corrected chi connectivity index (χ4v) is 4.27. The first kappa shape index (κ1) is 26.0. The van der Waals surface area contributed by atoms with Crippen molar-refractivity contribution in [2.45, 2.75) is 16.9 Å². The lowest BCUT2D eigenvalue weighted by Crippen LogP contribution is -2.33. The van der Waals surface area contributed by atoms with E-state index in [1.807, 2.05) is 0 Å². The highest BCUT2D eigenvalue weighted by atomic mass is 32.2. The highest BCUT2D eigenvalue weighted by molar-refractivity contribution is 8.00. The summed E-state index contributed by atoms with van der Waals surface area (Å²) in [6, 6.07) is 14.5. The van der Waals surface area contributed by atoms with Gasteiger partial charge in [0.1, 0.15) is 18.0 Å². The molecular weight excluding hydrogens is 509 g/mol. The molecule has 2 heterocycles. The number of carbonyl (C=O) groups excluding carboxylic acids is 3. The van der Waals surface area contributed by atoms with Gasteiger partial charge in [0.25, 0.3) is 11.8 Å². The van der Waals surface area contributed by atoms with E-state index in [0.717, 1.165) is 4.90 Å². The molecule has 0 radical (unpaired) electrons. The first-order valence-corrected chi connectivity index (χ1v) is 11.7. The molecule has 0 bridgehead atoms. The maximum Gasteiger partial charge on any atom is 0.446 e. The molecule has 0 N–H and O–H groups in total. The van der Waals surface area contributed by atoms with E-state index in [2.05, 4.69) is 4.98 Å². The largest absolute Gasteiger partial charge is 0.497 e. The van der Waals surface area contributed by atoms with Crippen LogP contribution in [-0.4, -0.2) is 53.9 Å². The number of carbonyl (C=O) groups is 3. The third-order valence-corrected chi connectivity index (χ3v) is 6.29. The number of ether oxygens (including phenoxy) is 1. The Hall–Kier alpha value is -4.06. The van der Waals surface area contributed by atoms with Crippen LogP contribution in [0.15, 0.2) is 71.8 Å². The number of halogens is 3. The van der Waals surface area contributed by atoms with E-state index in [1.54, 1.807) is 50.6 Å². The van der Waals surface area contributed by atoms with Gasteiger partial charge in [0.2, 0.25) is 0 Å². The molecule has 4 rings (SSSR count). The highest BCUT2D eigenvalue weighted by Gasteiger charge is 2.37. The quantitative estimate of drug-likeness (QED) is 0.318. The van der Waals surface area contributed by atoms with Crippen molar-refractivity contribution >= 4 is 41.0 Å². The van der Waals surface area contributed by atoms with Gasteiger partial charge in [-0.2, -0.15) is 13.2 Å². The zero-order chi connectivity index (χ0) is 26.7. The Morgan fingerprint density at radius 2 is 1.76 bits per heavy atom. The second-order valence-electron chi connectivity index (χ2n) is 8.02. The lowest BCUT2D eigenvalue weighted by atomic mass is 10.2. The maximum absolute atomic E-state index is 13.0. The fraction of sp³-hybridized carbons (Fsp3) is 0.200. The van der Waals surface area contributed by atoms with Crippen LogP contribution in [0.1, 0.15) is 16.1 Å². The minimum Gasteiger partial charge on any atom is -0.497 e. The molecule has 3 aromatic rings. The Bertz CT molecular complexity index is 1320. The third-order valence-electron chi connectivity index (χ3n) is 5.55. The van der Waals surface area contributed by atoms with Crippen LogP contribution < -0.4 is 14.5 Å². The summed E-state index contributed by atoms with van der Waals surface area (Å²) in [5.41, 5.74) is -2.89. The summed E-state index contributed by atoms with van der Waals surface area (Å²) in [7, 11) is 3.15. The van der Waals surface area contributed by atoms with E-state index in [4.69, 9.17) is 4.74 Å². The SMILES string of the molecule is COc1ccc(N(C)C(=O)c2cc(CN3CC(=O)N(c4ccc(SC(F)(F)F)cc4)C3=O)ccn2)cc1. The summed E-state index contributed by atoms with van der Waals surface area (Å²) in [6.45, 7) is -0.173. The number of aromatic nitrogens is 1. The topological polar surface area (TPSA) is 83.0 Å². The molecule has 37 heavy (non-hydrogen) atoms. The van der Waals surface area contributed by atoms with Crippen LogP contribution in [0, 0.1) is 0 Å². The number of thioether (sulfide) groups is 1. The van der Waals surface area contributed by atoms with Gasteiger partial charge in [-0.1, -0.05) is 0 Å². The van der Waals surface area contributed by atoms with Gasteiger partial charge >= 0.3 is 11.5 Å². The molecule has 2 aromatic carbocycles. The number of anilines is 2. The van der Waals surface area contributed by atoms with Gasteiger partial charge in [-0.25, -0.2) is 9.69 Å². The van der Waals surface area contributed by atoms with Gasteiger partial charge < -0.3 is 14.5 Å². The van der Waals surface area contributed by atoms with Crippen LogP contribution in [0.3, 0.4) is 0 Å². The normalized spacial score (nSPS) is 13.8. The van der Waals surface area contributed by atoms with Crippen LogP contribution in [0.25, 0.3) is 0 Å². The van der Waals surface area contributed by atoms with E-state index in [9.17, 15) is 27.6 Å². The number of methoxy groups -OCH3 is 1. The maximum atomic E-state index is 13.0. The van der Waals surface area contributed by atoms with Gasteiger partial charge in [0.05, 0.1) is 12.8 Å². The summed E-state index contributed by atoms with van der Waals surface area (Å²) >= 11 is -0.280. The van der Waals surface area contributed by atoms with E-state index in [-0.39, 0.29) is 47.0 Å². The number of hydrogen-bond donors (Lipinski definition) is 0. The number of pyridine rings is 1. The average Bonchev–Trinajstić information content (AvgIpc) is 3.15. The molecule has 1 aliphatic heterocycles. The minimum atomic E-state index is -4.44. The number of nitrogens with zero attached hydrogens (tertiary/aromatic N) is 4. The first-order valence-electron chi connectivity index (χ1n) is 10.9. The van der Waals surface area contributed by atoms with Gasteiger partial charge in [0.15, 0.2) is 0 Å². The Morgan fingerprint density at radius 3 is 2.38 bits per heavy atom. The van der Waals surface area contributed by atoms with Gasteiger partial charge in [-0.3, -0.25) is 14.6 Å². The molecule has 1 fully saturated rings. The number of imide groups is 1. The zero-order valence-corrected chi connectivity index (χ0v) is 20.5. The summed E-state index contributed by atoms with van der Waals surface area (Å²) in [5.74, 6) is -0.222. The third kappa shape index (κ3) is 6.02. The Morgan fingerprint density at radius 1 is 1.08 bits per heavy atom. The summed E-state index contributed by atoms with van der Waals surface area (Å²) in [6.07, 6.45) is 1.45. The van der Waals surface area contributed by atoms with Crippen molar-refractivity contribution < 1.29 is 32.3 Å². The zero-order valence-electron chi connectivity index (χ0n) is 19.7. The van der Waals surface area contributed by atoms with Gasteiger partial charge in [-0.05, 0) is 78.0 Å². The van der Waals surface area contributed by atoms with Crippen molar-refractivity contribution in [2.24, 2.45) is 0 Å². The van der Waals surface area contributed by atoms with Crippen LogP contribution >= 0.6 is 11.8 Å². The summed E-state index contributed by atoms with van der Waals surface area (Å²) in [5, 5.41) is 0. The predicted octanol–water partition coefficient (Wildman–Crippen LogP) is 4.95. The predicted molar refractivity (Wildman–Crippen MR) is 132 cm³/mol. The van der Waals surface area contributed by atoms with Crippen LogP contribution in [0.4, 0.5) is 29.3 Å². The Kier molecular flexibility index (Phi) is 7.39.